The summed E-state index contributed by atoms with van der Waals surface area (Å²) < 4.78 is 0. The van der Waals surface area contributed by atoms with Gasteiger partial charge in [0.25, 0.3) is 0 Å². The summed E-state index contributed by atoms with van der Waals surface area (Å²) in [6.07, 6.45) is 3.51. The number of fused-ring (bicyclic) bond motifs is 1. The van der Waals surface area contributed by atoms with Gasteiger partial charge in [0.05, 0.1) is 0 Å². The van der Waals surface area contributed by atoms with Crippen LogP contribution >= 0.6 is 0 Å². The topological polar surface area (TPSA) is 49.4 Å². The lowest BCUT2D eigenvalue weighted by Crippen LogP contribution is -2.60. The van der Waals surface area contributed by atoms with Crippen LogP contribution in [0.4, 0.5) is 0 Å². The monoisotopic (exact) mass is 272 g/mol. The summed E-state index contributed by atoms with van der Waals surface area (Å²) >= 11 is 0. The van der Waals surface area contributed by atoms with Crippen LogP contribution in [0.25, 0.3) is 0 Å². The molecule has 0 spiro atoms. The molecule has 0 aromatic heterocycles. The lowest BCUT2D eigenvalue weighted by molar-refractivity contribution is -0.148. The molecule has 0 radical (unpaired) electrons. The van der Waals surface area contributed by atoms with E-state index in [0.29, 0.717) is 6.54 Å². The Labute approximate surface area is 119 Å². The molecular formula is C16H20N2O2. The fourth-order valence-electron chi connectivity index (χ4n) is 3.11. The molecule has 2 unspecified atom stereocenters. The number of nitrogens with one attached hydrogen (secondary N) is 1. The highest BCUT2D eigenvalue weighted by Gasteiger charge is 2.35. The highest BCUT2D eigenvalue weighted by Crippen LogP contribution is 2.24. The quantitative estimate of drug-likeness (QED) is 0.885. The number of amides is 2. The molecule has 4 nitrogen and oxygen atoms in total. The number of rotatable bonds is 2. The zero-order chi connectivity index (χ0) is 14.3. The zero-order valence-electron chi connectivity index (χ0n) is 12.0. The second-order valence-corrected chi connectivity index (χ2v) is 5.83. The van der Waals surface area contributed by atoms with Crippen molar-refractivity contribution in [3.05, 3.63) is 34.9 Å². The minimum atomic E-state index is -0.423. The molecule has 0 bridgehead atoms. The van der Waals surface area contributed by atoms with Gasteiger partial charge >= 0.3 is 0 Å². The molecule has 2 amide bonds. The van der Waals surface area contributed by atoms with Crippen molar-refractivity contribution in [3.8, 4) is 0 Å². The van der Waals surface area contributed by atoms with Crippen LogP contribution in [0.2, 0.25) is 0 Å². The summed E-state index contributed by atoms with van der Waals surface area (Å²) in [6.45, 7) is 4.04. The summed E-state index contributed by atoms with van der Waals surface area (Å²) in [5.74, 6) is -0.0733. The van der Waals surface area contributed by atoms with Crippen molar-refractivity contribution in [1.82, 2.24) is 10.2 Å². The van der Waals surface area contributed by atoms with Crippen LogP contribution in [0.1, 0.15) is 37.0 Å². The van der Waals surface area contributed by atoms with Gasteiger partial charge < -0.3 is 10.2 Å². The van der Waals surface area contributed by atoms with E-state index in [2.05, 4.69) is 23.5 Å². The first-order valence-electron chi connectivity index (χ1n) is 7.28. The van der Waals surface area contributed by atoms with Gasteiger partial charge in [-0.2, -0.15) is 0 Å². The minimum Gasteiger partial charge on any atom is -0.343 e. The van der Waals surface area contributed by atoms with Crippen LogP contribution in [-0.4, -0.2) is 28.8 Å². The van der Waals surface area contributed by atoms with E-state index < -0.39 is 12.1 Å². The summed E-state index contributed by atoms with van der Waals surface area (Å²) in [7, 11) is 0. The van der Waals surface area contributed by atoms with Crippen molar-refractivity contribution in [2.45, 2.75) is 51.7 Å². The Morgan fingerprint density at radius 3 is 2.75 bits per heavy atom. The molecule has 2 aliphatic rings. The first-order chi connectivity index (χ1) is 9.56. The van der Waals surface area contributed by atoms with E-state index >= 15 is 0 Å². The molecule has 20 heavy (non-hydrogen) atoms. The average Bonchev–Trinajstić information content (AvgIpc) is 2.89. The summed E-state index contributed by atoms with van der Waals surface area (Å²) in [5.41, 5.74) is 3.95. The van der Waals surface area contributed by atoms with Crippen molar-refractivity contribution in [2.24, 2.45) is 0 Å². The Hall–Kier alpha value is -1.84. The fourth-order valence-corrected chi connectivity index (χ4v) is 3.11. The first-order valence-corrected chi connectivity index (χ1v) is 7.28. The average molecular weight is 272 g/mol. The number of benzene rings is 1. The van der Waals surface area contributed by atoms with Gasteiger partial charge in [-0.1, -0.05) is 18.2 Å². The van der Waals surface area contributed by atoms with E-state index in [9.17, 15) is 9.59 Å². The second kappa shape index (κ2) is 4.93. The van der Waals surface area contributed by atoms with Gasteiger partial charge in [0.1, 0.15) is 12.1 Å². The molecule has 2 atom stereocenters. The van der Waals surface area contributed by atoms with Gasteiger partial charge in [-0.15, -0.1) is 0 Å². The molecule has 106 valence electrons. The Morgan fingerprint density at radius 2 is 1.95 bits per heavy atom. The third-order valence-electron chi connectivity index (χ3n) is 4.38. The van der Waals surface area contributed by atoms with E-state index in [0.717, 1.165) is 18.4 Å². The van der Waals surface area contributed by atoms with Crippen LogP contribution in [0.5, 0.6) is 0 Å². The molecule has 1 aliphatic heterocycles. The molecule has 0 saturated carbocycles. The second-order valence-electron chi connectivity index (χ2n) is 5.83. The molecule has 1 aromatic rings. The molecule has 1 fully saturated rings. The fraction of sp³-hybridized carbons (Fsp3) is 0.500. The number of nitrogens with zero attached hydrogens (tertiary/aromatic N) is 1. The van der Waals surface area contributed by atoms with Gasteiger partial charge in [-0.05, 0) is 49.8 Å². The van der Waals surface area contributed by atoms with Crippen LogP contribution in [0.3, 0.4) is 0 Å². The van der Waals surface area contributed by atoms with E-state index in [1.54, 1.807) is 18.7 Å². The van der Waals surface area contributed by atoms with Crippen LogP contribution in [0, 0.1) is 0 Å². The smallest absolute Gasteiger partial charge is 0.245 e. The SMILES string of the molecule is CC1NC(=O)C(C)N(Cc2ccc3c(c2)CCC3)C1=O. The van der Waals surface area contributed by atoms with Crippen molar-refractivity contribution in [2.75, 3.05) is 0 Å². The number of aryl methyl sites for hydroxylation is 2. The van der Waals surface area contributed by atoms with Crippen LogP contribution < -0.4 is 5.32 Å². The molecule has 4 heteroatoms. The number of piperazine rings is 1. The molecule has 1 saturated heterocycles. The highest BCUT2D eigenvalue weighted by molar-refractivity contribution is 5.96. The molecule has 1 N–H and O–H groups in total. The molecule has 3 rings (SSSR count). The summed E-state index contributed by atoms with van der Waals surface area (Å²) in [6, 6.07) is 5.63. The third kappa shape index (κ3) is 2.19. The predicted octanol–water partition coefficient (Wildman–Crippen LogP) is 1.41. The summed E-state index contributed by atoms with van der Waals surface area (Å²) in [4.78, 5) is 25.7. The number of hydrogen-bond donors (Lipinski definition) is 1. The maximum atomic E-state index is 12.2. The largest absolute Gasteiger partial charge is 0.343 e. The van der Waals surface area contributed by atoms with Gasteiger partial charge in [0.2, 0.25) is 11.8 Å². The van der Waals surface area contributed by atoms with Crippen molar-refractivity contribution >= 4 is 11.8 Å². The Bertz CT molecular complexity index is 568. The van der Waals surface area contributed by atoms with Gasteiger partial charge in [0.15, 0.2) is 0 Å². The number of carbonyl (C=O) groups excluding carboxylic acids is 2. The Morgan fingerprint density at radius 1 is 1.20 bits per heavy atom. The maximum Gasteiger partial charge on any atom is 0.245 e. The van der Waals surface area contributed by atoms with Crippen molar-refractivity contribution in [1.29, 1.82) is 0 Å². The van der Waals surface area contributed by atoms with E-state index in [1.807, 2.05) is 0 Å². The van der Waals surface area contributed by atoms with Crippen molar-refractivity contribution < 1.29 is 9.59 Å². The molecular weight excluding hydrogens is 252 g/mol. The lowest BCUT2D eigenvalue weighted by atomic mass is 10.0. The predicted molar refractivity (Wildman–Crippen MR) is 76.1 cm³/mol. The van der Waals surface area contributed by atoms with Crippen molar-refractivity contribution in [3.63, 3.8) is 0 Å². The Balaban J connectivity index is 1.82. The van der Waals surface area contributed by atoms with Gasteiger partial charge in [-0.25, -0.2) is 0 Å². The van der Waals surface area contributed by atoms with E-state index in [-0.39, 0.29) is 11.8 Å². The van der Waals surface area contributed by atoms with E-state index in [1.165, 1.54) is 17.5 Å². The van der Waals surface area contributed by atoms with Crippen LogP contribution in [0.15, 0.2) is 18.2 Å². The third-order valence-corrected chi connectivity index (χ3v) is 4.38. The molecule has 1 aliphatic carbocycles. The van der Waals surface area contributed by atoms with E-state index in [4.69, 9.17) is 0 Å². The summed E-state index contributed by atoms with van der Waals surface area (Å²) in [5, 5.41) is 2.71. The normalized spacial score (nSPS) is 25.6. The zero-order valence-corrected chi connectivity index (χ0v) is 12.0. The lowest BCUT2D eigenvalue weighted by Gasteiger charge is -2.36. The van der Waals surface area contributed by atoms with Crippen LogP contribution in [-0.2, 0) is 29.0 Å². The highest BCUT2D eigenvalue weighted by atomic mass is 16.2. The Kier molecular flexibility index (Phi) is 3.24. The first kappa shape index (κ1) is 13.2. The van der Waals surface area contributed by atoms with Gasteiger partial charge in [0, 0.05) is 6.54 Å². The molecule has 1 aromatic carbocycles. The van der Waals surface area contributed by atoms with Gasteiger partial charge in [-0.3, -0.25) is 9.59 Å². The maximum absolute atomic E-state index is 12.2. The number of hydrogen-bond acceptors (Lipinski definition) is 2. The molecule has 1 heterocycles. The minimum absolute atomic E-state index is 0.00222. The standard InChI is InChI=1S/C16H20N2O2/c1-10-16(20)18(11(2)15(19)17-10)9-12-6-7-13-4-3-5-14(13)8-12/h6-8,10-11H,3-5,9H2,1-2H3,(H,17,19). The number of carbonyl (C=O) groups is 2.